The van der Waals surface area contributed by atoms with E-state index in [2.05, 4.69) is 82.8 Å². The molecule has 180 valence electrons. The molecule has 0 spiro atoms. The van der Waals surface area contributed by atoms with Crippen LogP contribution in [0, 0.1) is 19.8 Å². The standard InChI is InChI=1S/C31H38O3/c1-6-26-14-21(2)15-28(26)18-24(5)34-20-25-8-7-9-27(19-25)30-22(3)16-29(17-23(30)4)33-13-12-31(32)10-11-31/h6-9,16-19,21,32H,5,10-15,20H2,1-4H3/b26-6-,28-18-. The highest BCUT2D eigenvalue weighted by atomic mass is 16.5. The Morgan fingerprint density at radius 1 is 1.12 bits per heavy atom. The summed E-state index contributed by atoms with van der Waals surface area (Å²) in [7, 11) is 0. The van der Waals surface area contributed by atoms with E-state index in [1.807, 2.05) is 0 Å². The molecule has 3 heteroatoms. The number of hydrogen-bond acceptors (Lipinski definition) is 3. The molecule has 34 heavy (non-hydrogen) atoms. The normalized spacial score (nSPS) is 21.1. The zero-order chi connectivity index (χ0) is 24.3. The van der Waals surface area contributed by atoms with Gasteiger partial charge in [-0.25, -0.2) is 0 Å². The van der Waals surface area contributed by atoms with Crippen molar-refractivity contribution in [1.82, 2.24) is 0 Å². The number of benzene rings is 2. The molecule has 2 aliphatic rings. The number of ether oxygens (including phenoxy) is 2. The SMILES string of the molecule is C=C(/C=C1/CC(C)C/C1=C/C)OCc1cccc(-c2c(C)cc(OCCC3(O)CC3)cc2C)c1. The number of aliphatic hydroxyl groups is 1. The molecular formula is C31H38O3. The average molecular weight is 459 g/mol. The Hall–Kier alpha value is -2.78. The molecule has 0 bridgehead atoms. The van der Waals surface area contributed by atoms with E-state index in [1.165, 1.54) is 33.4 Å². The Kier molecular flexibility index (Phi) is 7.33. The largest absolute Gasteiger partial charge is 0.493 e. The monoisotopic (exact) mass is 458 g/mol. The molecule has 0 heterocycles. The Labute approximate surface area is 204 Å². The number of hydrogen-bond donors (Lipinski definition) is 1. The molecule has 1 unspecified atom stereocenters. The van der Waals surface area contributed by atoms with E-state index in [-0.39, 0.29) is 0 Å². The summed E-state index contributed by atoms with van der Waals surface area (Å²) in [5.74, 6) is 2.28. The van der Waals surface area contributed by atoms with Crippen LogP contribution in [0.3, 0.4) is 0 Å². The van der Waals surface area contributed by atoms with E-state index in [0.29, 0.717) is 25.6 Å². The third kappa shape index (κ3) is 6.01. The average Bonchev–Trinajstić information content (AvgIpc) is 3.41. The second-order valence-electron chi connectivity index (χ2n) is 10.2. The topological polar surface area (TPSA) is 38.7 Å². The van der Waals surface area contributed by atoms with Crippen molar-refractivity contribution in [3.8, 4) is 16.9 Å². The van der Waals surface area contributed by atoms with E-state index >= 15 is 0 Å². The van der Waals surface area contributed by atoms with Gasteiger partial charge in [0.05, 0.1) is 12.2 Å². The van der Waals surface area contributed by atoms with Crippen molar-refractivity contribution in [3.05, 3.63) is 88.7 Å². The Morgan fingerprint density at radius 2 is 1.82 bits per heavy atom. The quantitative estimate of drug-likeness (QED) is 0.393. The molecule has 0 radical (unpaired) electrons. The summed E-state index contributed by atoms with van der Waals surface area (Å²) in [6.07, 6.45) is 9.05. The summed E-state index contributed by atoms with van der Waals surface area (Å²) in [5, 5.41) is 10.0. The maximum Gasteiger partial charge on any atom is 0.119 e. The van der Waals surface area contributed by atoms with Crippen LogP contribution in [0.2, 0.25) is 0 Å². The maximum absolute atomic E-state index is 10.0. The molecule has 3 nitrogen and oxygen atoms in total. The number of allylic oxidation sites excluding steroid dienone is 4. The van der Waals surface area contributed by atoms with Gasteiger partial charge in [0, 0.05) is 6.42 Å². The zero-order valence-corrected chi connectivity index (χ0v) is 21.1. The van der Waals surface area contributed by atoms with Gasteiger partial charge in [-0.1, -0.05) is 37.8 Å². The van der Waals surface area contributed by atoms with Crippen LogP contribution in [0.25, 0.3) is 11.1 Å². The van der Waals surface area contributed by atoms with Crippen LogP contribution in [0.15, 0.2) is 72.0 Å². The highest BCUT2D eigenvalue weighted by Crippen LogP contribution is 2.39. The molecule has 2 fully saturated rings. The molecule has 1 atom stereocenters. The van der Waals surface area contributed by atoms with E-state index < -0.39 is 5.60 Å². The molecule has 0 saturated heterocycles. The molecule has 0 aromatic heterocycles. The van der Waals surface area contributed by atoms with Crippen molar-refractivity contribution in [2.45, 2.75) is 72.0 Å². The van der Waals surface area contributed by atoms with Crippen LogP contribution < -0.4 is 4.74 Å². The fourth-order valence-electron chi connectivity index (χ4n) is 4.98. The van der Waals surface area contributed by atoms with Gasteiger partial charge < -0.3 is 14.6 Å². The highest BCUT2D eigenvalue weighted by molar-refractivity contribution is 5.72. The third-order valence-corrected chi connectivity index (χ3v) is 7.04. The second kappa shape index (κ2) is 10.2. The van der Waals surface area contributed by atoms with Gasteiger partial charge in [-0.15, -0.1) is 0 Å². The molecular weight excluding hydrogens is 420 g/mol. The first-order valence-corrected chi connectivity index (χ1v) is 12.5. The number of rotatable bonds is 9. The van der Waals surface area contributed by atoms with Crippen LogP contribution in [-0.4, -0.2) is 17.3 Å². The second-order valence-corrected chi connectivity index (χ2v) is 10.2. The van der Waals surface area contributed by atoms with Gasteiger partial charge in [0.2, 0.25) is 0 Å². The molecule has 0 aliphatic heterocycles. The zero-order valence-electron chi connectivity index (χ0n) is 21.1. The molecule has 0 amide bonds. The summed E-state index contributed by atoms with van der Waals surface area (Å²) >= 11 is 0. The minimum absolute atomic E-state index is 0.473. The molecule has 2 saturated carbocycles. The van der Waals surface area contributed by atoms with Gasteiger partial charge in [0.15, 0.2) is 0 Å². The number of aryl methyl sites for hydroxylation is 2. The molecule has 1 N–H and O–H groups in total. The summed E-state index contributed by atoms with van der Waals surface area (Å²) in [4.78, 5) is 0. The maximum atomic E-state index is 10.0. The third-order valence-electron chi connectivity index (χ3n) is 7.04. The Bertz CT molecular complexity index is 1090. The van der Waals surface area contributed by atoms with Crippen molar-refractivity contribution in [2.75, 3.05) is 6.61 Å². The van der Waals surface area contributed by atoms with Crippen molar-refractivity contribution in [3.63, 3.8) is 0 Å². The Morgan fingerprint density at radius 3 is 2.50 bits per heavy atom. The van der Waals surface area contributed by atoms with Crippen molar-refractivity contribution in [1.29, 1.82) is 0 Å². The smallest absolute Gasteiger partial charge is 0.119 e. The first-order chi connectivity index (χ1) is 16.3. The van der Waals surface area contributed by atoms with E-state index in [9.17, 15) is 5.11 Å². The fraction of sp³-hybridized carbons (Fsp3) is 0.419. The summed E-state index contributed by atoms with van der Waals surface area (Å²) < 4.78 is 12.0. The fourth-order valence-corrected chi connectivity index (χ4v) is 4.98. The van der Waals surface area contributed by atoms with E-state index in [0.717, 1.165) is 42.8 Å². The minimum Gasteiger partial charge on any atom is -0.493 e. The lowest BCUT2D eigenvalue weighted by Crippen LogP contribution is -2.12. The van der Waals surface area contributed by atoms with Gasteiger partial charge in [0.25, 0.3) is 0 Å². The predicted octanol–water partition coefficient (Wildman–Crippen LogP) is 7.60. The van der Waals surface area contributed by atoms with Crippen LogP contribution in [0.5, 0.6) is 5.75 Å². The van der Waals surface area contributed by atoms with E-state index in [1.54, 1.807) is 0 Å². The van der Waals surface area contributed by atoms with Crippen LogP contribution in [0.1, 0.15) is 62.6 Å². The van der Waals surface area contributed by atoms with Gasteiger partial charge in [-0.05, 0) is 116 Å². The molecule has 2 aromatic rings. The summed E-state index contributed by atoms with van der Waals surface area (Å²) in [6.45, 7) is 13.8. The van der Waals surface area contributed by atoms with Crippen LogP contribution in [-0.2, 0) is 11.3 Å². The molecule has 4 rings (SSSR count). The van der Waals surface area contributed by atoms with Crippen LogP contribution >= 0.6 is 0 Å². The first-order valence-electron chi connectivity index (χ1n) is 12.5. The predicted molar refractivity (Wildman–Crippen MR) is 140 cm³/mol. The lowest BCUT2D eigenvalue weighted by atomic mass is 9.94. The minimum atomic E-state index is -0.473. The summed E-state index contributed by atoms with van der Waals surface area (Å²) in [6, 6.07) is 12.7. The first kappa shape index (κ1) is 24.3. The lowest BCUT2D eigenvalue weighted by Gasteiger charge is -2.16. The van der Waals surface area contributed by atoms with Crippen molar-refractivity contribution in [2.24, 2.45) is 5.92 Å². The Balaban J connectivity index is 1.41. The van der Waals surface area contributed by atoms with Crippen molar-refractivity contribution >= 4 is 0 Å². The molecule has 2 aromatic carbocycles. The van der Waals surface area contributed by atoms with Gasteiger partial charge in [0.1, 0.15) is 18.1 Å². The summed E-state index contributed by atoms with van der Waals surface area (Å²) in [5.41, 5.74) is 8.20. The van der Waals surface area contributed by atoms with Gasteiger partial charge >= 0.3 is 0 Å². The highest BCUT2D eigenvalue weighted by Gasteiger charge is 2.39. The van der Waals surface area contributed by atoms with E-state index in [4.69, 9.17) is 9.47 Å². The van der Waals surface area contributed by atoms with Gasteiger partial charge in [-0.3, -0.25) is 0 Å². The molecule has 2 aliphatic carbocycles. The lowest BCUT2D eigenvalue weighted by molar-refractivity contribution is 0.117. The van der Waals surface area contributed by atoms with Crippen molar-refractivity contribution < 1.29 is 14.6 Å². The van der Waals surface area contributed by atoms with Crippen LogP contribution in [0.4, 0.5) is 0 Å². The van der Waals surface area contributed by atoms with Gasteiger partial charge in [-0.2, -0.15) is 0 Å².